The fourth-order valence-electron chi connectivity index (χ4n) is 2.83. The van der Waals surface area contributed by atoms with E-state index in [0.29, 0.717) is 5.30 Å². The first-order chi connectivity index (χ1) is 13.3. The Bertz CT molecular complexity index is 853. The Kier molecular flexibility index (Phi) is 7.41. The van der Waals surface area contributed by atoms with Gasteiger partial charge >= 0.3 is 5.97 Å². The molecule has 0 spiro atoms. The predicted octanol–water partition coefficient (Wildman–Crippen LogP) is 3.87. The predicted molar refractivity (Wildman–Crippen MR) is 108 cm³/mol. The second-order valence-electron chi connectivity index (χ2n) is 6.43. The Morgan fingerprint density at radius 2 is 1.50 bits per heavy atom. The van der Waals surface area contributed by atoms with Crippen molar-refractivity contribution in [1.82, 2.24) is 0 Å². The Hall–Kier alpha value is -2.59. The molecular weight excluding hydrogens is 379 g/mol. The van der Waals surface area contributed by atoms with E-state index in [0.717, 1.165) is 0 Å². The molecule has 0 heterocycles. The van der Waals surface area contributed by atoms with Gasteiger partial charge in [0.1, 0.15) is 17.1 Å². The molecule has 1 unspecified atom stereocenters. The number of hydrogen-bond donors (Lipinski definition) is 0. The Labute approximate surface area is 165 Å². The van der Waals surface area contributed by atoms with Gasteiger partial charge in [0, 0.05) is 11.5 Å². The van der Waals surface area contributed by atoms with E-state index in [1.807, 2.05) is 0 Å². The van der Waals surface area contributed by atoms with E-state index in [2.05, 4.69) is 0 Å². The van der Waals surface area contributed by atoms with Crippen LogP contribution in [0.4, 0.5) is 0 Å². The van der Waals surface area contributed by atoms with Gasteiger partial charge in [0.05, 0.1) is 26.7 Å². The van der Waals surface area contributed by atoms with Gasteiger partial charge < -0.3 is 18.8 Å². The largest absolute Gasteiger partial charge is 0.496 e. The lowest BCUT2D eigenvalue weighted by Crippen LogP contribution is -2.20. The maximum absolute atomic E-state index is 14.0. The first-order valence-corrected chi connectivity index (χ1v) is 10.8. The van der Waals surface area contributed by atoms with Crippen molar-refractivity contribution in [3.8, 4) is 11.5 Å². The summed E-state index contributed by atoms with van der Waals surface area (Å²) in [4.78, 5) is 25.5. The van der Waals surface area contributed by atoms with Crippen molar-refractivity contribution in [2.45, 2.75) is 26.4 Å². The highest BCUT2D eigenvalue weighted by Gasteiger charge is 2.38. The number of rotatable bonds is 9. The third kappa shape index (κ3) is 4.82. The van der Waals surface area contributed by atoms with Crippen molar-refractivity contribution < 1.29 is 28.4 Å². The van der Waals surface area contributed by atoms with Gasteiger partial charge in [0.25, 0.3) is 0 Å². The van der Waals surface area contributed by atoms with Crippen molar-refractivity contribution in [1.29, 1.82) is 0 Å². The minimum absolute atomic E-state index is 0.108. The summed E-state index contributed by atoms with van der Waals surface area (Å²) < 4.78 is 29.7. The topological polar surface area (TPSA) is 78.9 Å². The molecule has 0 radical (unpaired) electrons. The SMILES string of the molecule is COc1cccc(OC)c1C(=O)P(=O)(CCC(=O)OC(C)C)c1ccccc1. The van der Waals surface area contributed by atoms with Crippen molar-refractivity contribution in [3.05, 3.63) is 54.1 Å². The lowest BCUT2D eigenvalue weighted by atomic mass is 10.2. The third-order valence-corrected chi connectivity index (χ3v) is 7.01. The van der Waals surface area contributed by atoms with Crippen LogP contribution >= 0.6 is 7.14 Å². The molecule has 0 amide bonds. The molecule has 0 saturated heterocycles. The molecule has 0 aliphatic heterocycles. The molecule has 0 bridgehead atoms. The summed E-state index contributed by atoms with van der Waals surface area (Å²) in [6.07, 6.45) is -0.551. The molecule has 2 aromatic carbocycles. The van der Waals surface area contributed by atoms with Crippen LogP contribution < -0.4 is 14.8 Å². The zero-order valence-electron chi connectivity index (χ0n) is 16.5. The average Bonchev–Trinajstić information content (AvgIpc) is 2.70. The van der Waals surface area contributed by atoms with Crippen LogP contribution in [0.1, 0.15) is 30.6 Å². The summed E-state index contributed by atoms with van der Waals surface area (Å²) in [6, 6.07) is 13.4. The molecular formula is C21H25O6P. The number of methoxy groups -OCH3 is 2. The molecule has 150 valence electrons. The van der Waals surface area contributed by atoms with Gasteiger partial charge in [-0.3, -0.25) is 9.59 Å². The van der Waals surface area contributed by atoms with E-state index in [1.54, 1.807) is 62.4 Å². The van der Waals surface area contributed by atoms with Gasteiger partial charge in [0.2, 0.25) is 5.52 Å². The van der Waals surface area contributed by atoms with Crippen molar-refractivity contribution in [2.24, 2.45) is 0 Å². The first-order valence-electron chi connectivity index (χ1n) is 8.93. The molecule has 0 fully saturated rings. The molecule has 28 heavy (non-hydrogen) atoms. The number of ether oxygens (including phenoxy) is 3. The quantitative estimate of drug-likeness (QED) is 0.466. The van der Waals surface area contributed by atoms with E-state index >= 15 is 0 Å². The minimum atomic E-state index is -3.66. The summed E-state index contributed by atoms with van der Waals surface area (Å²) in [6.45, 7) is 3.47. The highest BCUT2D eigenvalue weighted by Crippen LogP contribution is 2.51. The molecule has 0 N–H and O–H groups in total. The van der Waals surface area contributed by atoms with Crippen LogP contribution in [0.25, 0.3) is 0 Å². The number of benzene rings is 2. The summed E-state index contributed by atoms with van der Waals surface area (Å²) in [5.41, 5.74) is -0.498. The molecule has 6 nitrogen and oxygen atoms in total. The average molecular weight is 404 g/mol. The molecule has 1 atom stereocenters. The van der Waals surface area contributed by atoms with Crippen molar-refractivity contribution in [2.75, 3.05) is 20.4 Å². The molecule has 0 aliphatic carbocycles. The zero-order chi connectivity index (χ0) is 20.7. The van der Waals surface area contributed by atoms with Crippen molar-refractivity contribution >= 4 is 23.9 Å². The number of hydrogen-bond acceptors (Lipinski definition) is 6. The van der Waals surface area contributed by atoms with Crippen LogP contribution in [-0.2, 0) is 14.1 Å². The Morgan fingerprint density at radius 1 is 0.929 bits per heavy atom. The van der Waals surface area contributed by atoms with Crippen LogP contribution in [0.2, 0.25) is 0 Å². The smallest absolute Gasteiger partial charge is 0.306 e. The first kappa shape index (κ1) is 21.7. The van der Waals surface area contributed by atoms with E-state index in [9.17, 15) is 14.2 Å². The summed E-state index contributed by atoms with van der Waals surface area (Å²) >= 11 is 0. The van der Waals surface area contributed by atoms with E-state index < -0.39 is 18.6 Å². The second kappa shape index (κ2) is 9.56. The van der Waals surface area contributed by atoms with Crippen LogP contribution in [0.5, 0.6) is 11.5 Å². The van der Waals surface area contributed by atoms with Gasteiger partial charge in [-0.05, 0) is 26.0 Å². The standard InChI is InChI=1S/C21H25O6P/c1-15(2)27-19(22)13-14-28(24,16-9-6-5-7-10-16)21(23)20-17(25-3)11-8-12-18(20)26-4/h5-12,15H,13-14H2,1-4H3. The number of carbonyl (C=O) groups is 2. The van der Waals surface area contributed by atoms with Crippen LogP contribution in [-0.4, -0.2) is 38.0 Å². The van der Waals surface area contributed by atoms with Crippen molar-refractivity contribution in [3.63, 3.8) is 0 Å². The third-order valence-electron chi connectivity index (χ3n) is 4.14. The molecule has 0 aromatic heterocycles. The monoisotopic (exact) mass is 404 g/mol. The van der Waals surface area contributed by atoms with Crippen LogP contribution in [0.3, 0.4) is 0 Å². The van der Waals surface area contributed by atoms with E-state index in [-0.39, 0.29) is 35.7 Å². The normalized spacial score (nSPS) is 12.9. The van der Waals surface area contributed by atoms with Crippen LogP contribution in [0, 0.1) is 0 Å². The fraction of sp³-hybridized carbons (Fsp3) is 0.333. The van der Waals surface area contributed by atoms with Gasteiger partial charge in [-0.15, -0.1) is 0 Å². The summed E-state index contributed by atoms with van der Waals surface area (Å²) in [5.74, 6) is 0.0430. The summed E-state index contributed by atoms with van der Waals surface area (Å²) in [5, 5.41) is 0.380. The lowest BCUT2D eigenvalue weighted by Gasteiger charge is -2.20. The second-order valence-corrected chi connectivity index (χ2v) is 9.28. The lowest BCUT2D eigenvalue weighted by molar-refractivity contribution is -0.146. The van der Waals surface area contributed by atoms with Gasteiger partial charge in [-0.2, -0.15) is 0 Å². The molecule has 2 aromatic rings. The van der Waals surface area contributed by atoms with Gasteiger partial charge in [-0.25, -0.2) is 0 Å². The highest BCUT2D eigenvalue weighted by atomic mass is 31.2. The van der Waals surface area contributed by atoms with Gasteiger partial charge in [-0.1, -0.05) is 36.4 Å². The van der Waals surface area contributed by atoms with E-state index in [4.69, 9.17) is 14.2 Å². The molecule has 7 heteroatoms. The highest BCUT2D eigenvalue weighted by molar-refractivity contribution is 7.87. The molecule has 0 aliphatic rings. The number of carbonyl (C=O) groups excluding carboxylic acids is 2. The Balaban J connectivity index is 2.50. The maximum atomic E-state index is 14.0. The van der Waals surface area contributed by atoms with E-state index in [1.165, 1.54) is 14.2 Å². The fourth-order valence-corrected chi connectivity index (χ4v) is 5.26. The van der Waals surface area contributed by atoms with Crippen LogP contribution in [0.15, 0.2) is 48.5 Å². The minimum Gasteiger partial charge on any atom is -0.496 e. The zero-order valence-corrected chi connectivity index (χ0v) is 17.4. The maximum Gasteiger partial charge on any atom is 0.306 e. The Morgan fingerprint density at radius 3 is 2.00 bits per heavy atom. The number of esters is 1. The molecule has 0 saturated carbocycles. The molecule has 2 rings (SSSR count). The van der Waals surface area contributed by atoms with Gasteiger partial charge in [0.15, 0.2) is 7.14 Å². The summed E-state index contributed by atoms with van der Waals surface area (Å²) in [7, 11) is -0.803.